The Labute approximate surface area is 160 Å². The van der Waals surface area contributed by atoms with Crippen LogP contribution in [0.5, 0.6) is 0 Å². The molecule has 1 aromatic carbocycles. The fourth-order valence-corrected chi connectivity index (χ4v) is 3.54. The quantitative estimate of drug-likeness (QED) is 0.487. The molecule has 0 aliphatic carbocycles. The third-order valence-corrected chi connectivity index (χ3v) is 5.00. The van der Waals surface area contributed by atoms with Gasteiger partial charge in [-0.15, -0.1) is 11.3 Å². The van der Waals surface area contributed by atoms with Gasteiger partial charge in [-0.25, -0.2) is 9.97 Å². The average molecular weight is 378 g/mol. The summed E-state index contributed by atoms with van der Waals surface area (Å²) in [4.78, 5) is 20.6. The lowest BCUT2D eigenvalue weighted by Crippen LogP contribution is -2.22. The van der Waals surface area contributed by atoms with Crippen LogP contribution < -0.4 is 0 Å². The van der Waals surface area contributed by atoms with E-state index in [-0.39, 0.29) is 0 Å². The van der Waals surface area contributed by atoms with Gasteiger partial charge in [0, 0.05) is 30.4 Å². The molecule has 7 nitrogen and oxygen atoms in total. The van der Waals surface area contributed by atoms with Gasteiger partial charge in [-0.1, -0.05) is 35.5 Å². The SMILES string of the molecule is Cc1ncsc1CN(Cc1ccccc1)Cc1nc(-c2cnccn2)no1. The second-order valence-corrected chi connectivity index (χ2v) is 7.03. The third-order valence-electron chi connectivity index (χ3n) is 4.08. The van der Waals surface area contributed by atoms with Crippen LogP contribution in [0.15, 0.2) is 59.0 Å². The summed E-state index contributed by atoms with van der Waals surface area (Å²) in [6, 6.07) is 10.3. The van der Waals surface area contributed by atoms with E-state index in [4.69, 9.17) is 4.52 Å². The number of thiazole rings is 1. The predicted octanol–water partition coefficient (Wildman–Crippen LogP) is 3.49. The van der Waals surface area contributed by atoms with Crippen molar-refractivity contribution in [3.05, 3.63) is 76.5 Å². The van der Waals surface area contributed by atoms with Crippen molar-refractivity contribution in [1.29, 1.82) is 0 Å². The molecular formula is C19H18N6OS. The molecule has 27 heavy (non-hydrogen) atoms. The van der Waals surface area contributed by atoms with Crippen molar-refractivity contribution < 1.29 is 4.52 Å². The van der Waals surface area contributed by atoms with Crippen molar-refractivity contribution in [1.82, 2.24) is 30.0 Å². The molecule has 0 fully saturated rings. The van der Waals surface area contributed by atoms with Crippen molar-refractivity contribution in [3.8, 4) is 11.5 Å². The molecule has 3 heterocycles. The van der Waals surface area contributed by atoms with Crippen LogP contribution in [-0.4, -0.2) is 30.0 Å². The molecule has 136 valence electrons. The van der Waals surface area contributed by atoms with Crippen molar-refractivity contribution in [3.63, 3.8) is 0 Å². The smallest absolute Gasteiger partial charge is 0.241 e. The van der Waals surface area contributed by atoms with E-state index < -0.39 is 0 Å². The van der Waals surface area contributed by atoms with Gasteiger partial charge in [-0.2, -0.15) is 4.98 Å². The van der Waals surface area contributed by atoms with Crippen molar-refractivity contribution in [2.24, 2.45) is 0 Å². The number of rotatable bonds is 7. The van der Waals surface area contributed by atoms with E-state index in [2.05, 4.69) is 42.1 Å². The second-order valence-electron chi connectivity index (χ2n) is 6.09. The highest BCUT2D eigenvalue weighted by Gasteiger charge is 2.16. The van der Waals surface area contributed by atoms with Gasteiger partial charge in [-0.3, -0.25) is 9.88 Å². The molecule has 0 aliphatic rings. The van der Waals surface area contributed by atoms with Gasteiger partial charge < -0.3 is 4.52 Å². The first kappa shape index (κ1) is 17.4. The van der Waals surface area contributed by atoms with Crippen molar-refractivity contribution in [2.45, 2.75) is 26.6 Å². The number of benzene rings is 1. The lowest BCUT2D eigenvalue weighted by molar-refractivity contribution is 0.212. The summed E-state index contributed by atoms with van der Waals surface area (Å²) in [5.41, 5.74) is 4.77. The Morgan fingerprint density at radius 2 is 1.93 bits per heavy atom. The summed E-state index contributed by atoms with van der Waals surface area (Å²) in [7, 11) is 0. The normalized spacial score (nSPS) is 11.2. The highest BCUT2D eigenvalue weighted by molar-refractivity contribution is 7.09. The van der Waals surface area contributed by atoms with Gasteiger partial charge in [-0.05, 0) is 12.5 Å². The minimum Gasteiger partial charge on any atom is -0.337 e. The maximum absolute atomic E-state index is 5.45. The summed E-state index contributed by atoms with van der Waals surface area (Å²) >= 11 is 1.66. The van der Waals surface area contributed by atoms with Crippen molar-refractivity contribution >= 4 is 11.3 Å². The minimum atomic E-state index is 0.451. The van der Waals surface area contributed by atoms with Crippen LogP contribution in [0.3, 0.4) is 0 Å². The van der Waals surface area contributed by atoms with Gasteiger partial charge in [0.2, 0.25) is 11.7 Å². The average Bonchev–Trinajstić information content (AvgIpc) is 3.33. The molecule has 0 aliphatic heterocycles. The first-order valence-corrected chi connectivity index (χ1v) is 9.40. The Kier molecular flexibility index (Phi) is 5.27. The zero-order valence-electron chi connectivity index (χ0n) is 14.8. The summed E-state index contributed by atoms with van der Waals surface area (Å²) in [6.45, 7) is 4.13. The summed E-state index contributed by atoms with van der Waals surface area (Å²) in [5.74, 6) is 1.00. The first-order valence-electron chi connectivity index (χ1n) is 8.52. The van der Waals surface area contributed by atoms with Gasteiger partial charge in [0.15, 0.2) is 0 Å². The summed E-state index contributed by atoms with van der Waals surface area (Å²) in [5, 5.41) is 4.04. The van der Waals surface area contributed by atoms with E-state index in [0.717, 1.165) is 18.8 Å². The molecule has 0 saturated carbocycles. The van der Waals surface area contributed by atoms with Gasteiger partial charge in [0.25, 0.3) is 0 Å². The zero-order valence-corrected chi connectivity index (χ0v) is 15.6. The number of nitrogens with zero attached hydrogens (tertiary/aromatic N) is 6. The van der Waals surface area contributed by atoms with E-state index in [0.29, 0.717) is 24.0 Å². The maximum Gasteiger partial charge on any atom is 0.241 e. The highest BCUT2D eigenvalue weighted by atomic mass is 32.1. The number of aryl methyl sites for hydroxylation is 1. The Hall–Kier alpha value is -2.97. The Morgan fingerprint density at radius 3 is 2.67 bits per heavy atom. The van der Waals surface area contributed by atoms with E-state index in [1.165, 1.54) is 10.4 Å². The molecule has 0 saturated heterocycles. The van der Waals surface area contributed by atoms with Gasteiger partial charge in [0.05, 0.1) is 23.9 Å². The molecule has 0 bridgehead atoms. The van der Waals surface area contributed by atoms with E-state index >= 15 is 0 Å². The van der Waals surface area contributed by atoms with E-state index in [9.17, 15) is 0 Å². The third kappa shape index (κ3) is 4.42. The van der Waals surface area contributed by atoms with Gasteiger partial charge >= 0.3 is 0 Å². The molecule has 0 amide bonds. The van der Waals surface area contributed by atoms with Crippen LogP contribution >= 0.6 is 11.3 Å². The number of hydrogen-bond acceptors (Lipinski definition) is 8. The Balaban J connectivity index is 1.53. The molecule has 4 aromatic rings. The van der Waals surface area contributed by atoms with Crippen LogP contribution in [0.25, 0.3) is 11.5 Å². The zero-order chi connectivity index (χ0) is 18.5. The van der Waals surface area contributed by atoms with E-state index in [1.54, 1.807) is 29.9 Å². The van der Waals surface area contributed by atoms with E-state index in [1.807, 2.05) is 30.6 Å². The second kappa shape index (κ2) is 8.15. The van der Waals surface area contributed by atoms with Crippen LogP contribution in [0.4, 0.5) is 0 Å². The largest absolute Gasteiger partial charge is 0.337 e. The molecule has 0 unspecified atom stereocenters. The molecule has 0 N–H and O–H groups in total. The van der Waals surface area contributed by atoms with Crippen LogP contribution in [0, 0.1) is 6.92 Å². The maximum atomic E-state index is 5.45. The van der Waals surface area contributed by atoms with Crippen LogP contribution in [-0.2, 0) is 19.6 Å². The first-order chi connectivity index (χ1) is 13.3. The van der Waals surface area contributed by atoms with Crippen LogP contribution in [0.2, 0.25) is 0 Å². The van der Waals surface area contributed by atoms with Crippen molar-refractivity contribution in [2.75, 3.05) is 0 Å². The topological polar surface area (TPSA) is 80.8 Å². The highest BCUT2D eigenvalue weighted by Crippen LogP contribution is 2.19. The molecule has 8 heteroatoms. The fourth-order valence-electron chi connectivity index (χ4n) is 2.72. The molecule has 4 rings (SSSR count). The Bertz CT molecular complexity index is 986. The number of aromatic nitrogens is 5. The standard InChI is InChI=1S/C19H18N6OS/c1-14-17(27-13-22-14)11-25(10-15-5-3-2-4-6-15)12-18-23-19(24-26-18)16-9-20-7-8-21-16/h2-9,13H,10-12H2,1H3. The molecule has 0 radical (unpaired) electrons. The monoisotopic (exact) mass is 378 g/mol. The minimum absolute atomic E-state index is 0.451. The lowest BCUT2D eigenvalue weighted by atomic mass is 10.2. The lowest BCUT2D eigenvalue weighted by Gasteiger charge is -2.20. The fraction of sp³-hybridized carbons (Fsp3) is 0.211. The summed E-state index contributed by atoms with van der Waals surface area (Å²) < 4.78 is 5.45. The molecule has 0 atom stereocenters. The van der Waals surface area contributed by atoms with Crippen LogP contribution in [0.1, 0.15) is 22.0 Å². The van der Waals surface area contributed by atoms with Gasteiger partial charge in [0.1, 0.15) is 5.69 Å². The number of hydrogen-bond donors (Lipinski definition) is 0. The molecule has 3 aromatic heterocycles. The summed E-state index contributed by atoms with van der Waals surface area (Å²) in [6.07, 6.45) is 4.85. The predicted molar refractivity (Wildman–Crippen MR) is 102 cm³/mol. The Morgan fingerprint density at radius 1 is 1.04 bits per heavy atom. The molecular weight excluding hydrogens is 360 g/mol. The molecule has 0 spiro atoms.